The van der Waals surface area contributed by atoms with Crippen molar-refractivity contribution in [1.29, 1.82) is 0 Å². The van der Waals surface area contributed by atoms with Crippen LogP contribution in [0.2, 0.25) is 5.02 Å². The fraction of sp³-hybridized carbons (Fsp3) is 0.143. The largest absolute Gasteiger partial charge is 0.422 e. The maximum absolute atomic E-state index is 12.3. The minimum atomic E-state index is -0.428. The Bertz CT molecular complexity index is 1010. The first-order valence-corrected chi connectivity index (χ1v) is 8.65. The summed E-state index contributed by atoms with van der Waals surface area (Å²) >= 11 is 11.7. The van der Waals surface area contributed by atoms with E-state index in [1.165, 1.54) is 11.8 Å². The number of aromatic nitrogens is 3. The molecule has 3 aromatic rings. The van der Waals surface area contributed by atoms with Crippen molar-refractivity contribution in [2.24, 2.45) is 5.10 Å². The molecule has 0 fully saturated rings. The van der Waals surface area contributed by atoms with Gasteiger partial charge in [-0.05, 0) is 24.3 Å². The highest BCUT2D eigenvalue weighted by molar-refractivity contribution is 7.99. The summed E-state index contributed by atoms with van der Waals surface area (Å²) in [6.45, 7) is 0. The third-order valence-corrected chi connectivity index (χ3v) is 4.83. The smallest absolute Gasteiger partial charge is 0.345 e. The number of benzene rings is 1. The van der Waals surface area contributed by atoms with Crippen molar-refractivity contribution in [2.45, 2.75) is 10.9 Å². The van der Waals surface area contributed by atoms with Gasteiger partial charge in [0.15, 0.2) is 5.82 Å². The van der Waals surface area contributed by atoms with Gasteiger partial charge >= 0.3 is 5.63 Å². The minimum Gasteiger partial charge on any atom is -0.422 e. The Balaban J connectivity index is 1.89. The van der Waals surface area contributed by atoms with Gasteiger partial charge in [-0.25, -0.2) is 4.79 Å². The molecule has 0 bridgehead atoms. The van der Waals surface area contributed by atoms with Crippen molar-refractivity contribution in [3.63, 3.8) is 0 Å². The second kappa shape index (κ2) is 5.70. The highest BCUT2D eigenvalue weighted by atomic mass is 35.5. The Hall–Kier alpha value is -1.77. The summed E-state index contributed by atoms with van der Waals surface area (Å²) in [5.41, 5.74) is 1.09. The Kier molecular flexibility index (Phi) is 3.67. The number of hydrogen-bond acceptors (Lipinski definition) is 7. The molecule has 0 radical (unpaired) electrons. The lowest BCUT2D eigenvalue weighted by molar-refractivity contribution is 0.559. The fourth-order valence-electron chi connectivity index (χ4n) is 2.29. The molecule has 116 valence electrons. The molecule has 1 aliphatic heterocycles. The molecule has 6 nitrogen and oxygen atoms in total. The van der Waals surface area contributed by atoms with Gasteiger partial charge in [0.2, 0.25) is 5.16 Å². The summed E-state index contributed by atoms with van der Waals surface area (Å²) in [6, 6.07) is 6.87. The summed E-state index contributed by atoms with van der Waals surface area (Å²) in [5.74, 6) is 1.55. The average Bonchev–Trinajstić information content (AvgIpc) is 2.96. The molecule has 0 saturated carbocycles. The second-order valence-corrected chi connectivity index (χ2v) is 6.53. The van der Waals surface area contributed by atoms with Gasteiger partial charge in [-0.1, -0.05) is 23.4 Å². The van der Waals surface area contributed by atoms with Crippen molar-refractivity contribution >= 4 is 52.7 Å². The monoisotopic (exact) mass is 364 g/mol. The van der Waals surface area contributed by atoms with E-state index < -0.39 is 5.63 Å². The van der Waals surface area contributed by atoms with Crippen LogP contribution >= 0.6 is 36.0 Å². The first kappa shape index (κ1) is 14.8. The molecule has 0 atom stereocenters. The maximum Gasteiger partial charge on any atom is 0.345 e. The molecule has 1 aromatic carbocycles. The lowest BCUT2D eigenvalue weighted by atomic mass is 10.1. The molecule has 0 saturated heterocycles. The van der Waals surface area contributed by atoms with Gasteiger partial charge in [-0.15, -0.1) is 10.2 Å². The molecule has 0 aliphatic carbocycles. The summed E-state index contributed by atoms with van der Waals surface area (Å²) in [7, 11) is 0. The van der Waals surface area contributed by atoms with Crippen LogP contribution in [0.5, 0.6) is 0 Å². The molecule has 9 heteroatoms. The van der Waals surface area contributed by atoms with E-state index in [1.807, 2.05) is 0 Å². The third-order valence-electron chi connectivity index (χ3n) is 3.38. The second-order valence-electron chi connectivity index (χ2n) is 4.83. The van der Waals surface area contributed by atoms with E-state index in [4.69, 9.17) is 16.0 Å². The zero-order valence-corrected chi connectivity index (χ0v) is 14.0. The molecule has 23 heavy (non-hydrogen) atoms. The molecular formula is C14H9ClN4O2S2. The summed E-state index contributed by atoms with van der Waals surface area (Å²) in [4.78, 5) is 12.3. The first-order valence-electron chi connectivity index (χ1n) is 6.65. The third kappa shape index (κ3) is 2.56. The van der Waals surface area contributed by atoms with Crippen LogP contribution in [0.3, 0.4) is 0 Å². The van der Waals surface area contributed by atoms with Crippen LogP contribution in [-0.4, -0.2) is 26.3 Å². The van der Waals surface area contributed by atoms with Crippen LogP contribution in [0.1, 0.15) is 11.4 Å². The van der Waals surface area contributed by atoms with Gasteiger partial charge in [-0.2, -0.15) is 22.4 Å². The topological polar surface area (TPSA) is 73.3 Å². The Morgan fingerprint density at radius 3 is 3.04 bits per heavy atom. The van der Waals surface area contributed by atoms with Crippen LogP contribution in [0.25, 0.3) is 11.0 Å². The highest BCUT2D eigenvalue weighted by Gasteiger charge is 2.21. The summed E-state index contributed by atoms with van der Waals surface area (Å²) in [6.07, 6.45) is 0. The number of halogens is 1. The molecule has 0 unspecified atom stereocenters. The molecule has 0 spiro atoms. The number of hydrogen-bond donors (Lipinski definition) is 1. The Labute approximate surface area is 144 Å². The van der Waals surface area contributed by atoms with E-state index in [9.17, 15) is 4.79 Å². The SMILES string of the molecule is O=c1oc2ccc(Cl)cc2cc1C1=Nn2c(CS)nnc2SC1. The summed E-state index contributed by atoms with van der Waals surface area (Å²) < 4.78 is 6.98. The molecule has 0 amide bonds. The van der Waals surface area contributed by atoms with Crippen molar-refractivity contribution in [1.82, 2.24) is 14.9 Å². The Morgan fingerprint density at radius 2 is 2.22 bits per heavy atom. The number of thiol groups is 1. The van der Waals surface area contributed by atoms with Crippen LogP contribution in [0.15, 0.2) is 43.7 Å². The number of nitrogens with zero attached hydrogens (tertiary/aromatic N) is 4. The van der Waals surface area contributed by atoms with Crippen LogP contribution in [0, 0.1) is 0 Å². The van der Waals surface area contributed by atoms with Crippen molar-refractivity contribution in [2.75, 3.05) is 5.75 Å². The van der Waals surface area contributed by atoms with Crippen LogP contribution < -0.4 is 5.63 Å². The van der Waals surface area contributed by atoms with Gasteiger partial charge in [0.05, 0.1) is 17.0 Å². The molecule has 0 N–H and O–H groups in total. The zero-order valence-electron chi connectivity index (χ0n) is 11.6. The minimum absolute atomic E-state index is 0.409. The van der Waals surface area contributed by atoms with Crippen LogP contribution in [-0.2, 0) is 5.75 Å². The molecule has 4 rings (SSSR count). The standard InChI is InChI=1S/C14H9ClN4O2S2/c15-8-1-2-11-7(3-8)4-9(13(20)21-11)10-6-23-14-17-16-12(5-22)19(14)18-10/h1-4,22H,5-6H2. The average molecular weight is 365 g/mol. The van der Waals surface area contributed by atoms with E-state index in [1.54, 1.807) is 28.9 Å². The predicted molar refractivity (Wildman–Crippen MR) is 92.9 cm³/mol. The van der Waals surface area contributed by atoms with E-state index in [0.717, 1.165) is 5.39 Å². The van der Waals surface area contributed by atoms with Gasteiger partial charge in [0.1, 0.15) is 5.58 Å². The lowest BCUT2D eigenvalue weighted by Crippen LogP contribution is -2.21. The molecule has 2 aromatic heterocycles. The van der Waals surface area contributed by atoms with Crippen LogP contribution in [0.4, 0.5) is 0 Å². The number of fused-ring (bicyclic) bond motifs is 2. The van der Waals surface area contributed by atoms with E-state index >= 15 is 0 Å². The summed E-state index contributed by atoms with van der Waals surface area (Å²) in [5, 5.41) is 14.6. The predicted octanol–water partition coefficient (Wildman–Crippen LogP) is 2.83. The first-order chi connectivity index (χ1) is 11.2. The number of rotatable bonds is 2. The van der Waals surface area contributed by atoms with Gasteiger partial charge in [0.25, 0.3) is 0 Å². The lowest BCUT2D eigenvalue weighted by Gasteiger charge is -2.13. The molecule has 3 heterocycles. The van der Waals surface area contributed by atoms with E-state index in [-0.39, 0.29) is 0 Å². The normalized spacial score (nSPS) is 13.9. The van der Waals surface area contributed by atoms with Crippen molar-refractivity contribution < 1.29 is 4.42 Å². The van der Waals surface area contributed by atoms with Gasteiger partial charge < -0.3 is 4.42 Å². The highest BCUT2D eigenvalue weighted by Crippen LogP contribution is 2.25. The molecular weight excluding hydrogens is 356 g/mol. The quantitative estimate of drug-likeness (QED) is 0.559. The fourth-order valence-corrected chi connectivity index (χ4v) is 3.52. The number of thioether (sulfide) groups is 1. The zero-order chi connectivity index (χ0) is 16.0. The Morgan fingerprint density at radius 1 is 1.35 bits per heavy atom. The van der Waals surface area contributed by atoms with Gasteiger partial charge in [0, 0.05) is 16.2 Å². The van der Waals surface area contributed by atoms with Crippen molar-refractivity contribution in [3.8, 4) is 0 Å². The van der Waals surface area contributed by atoms with Gasteiger partial charge in [-0.3, -0.25) is 0 Å². The maximum atomic E-state index is 12.3. The van der Waals surface area contributed by atoms with E-state index in [0.29, 0.717) is 44.4 Å². The van der Waals surface area contributed by atoms with Crippen molar-refractivity contribution in [3.05, 3.63) is 51.1 Å². The van der Waals surface area contributed by atoms with E-state index in [2.05, 4.69) is 27.9 Å². The molecule has 1 aliphatic rings.